The Bertz CT molecular complexity index is 1260. The average Bonchev–Trinajstić information content (AvgIpc) is 2.91. The van der Waals surface area contributed by atoms with Gasteiger partial charge in [-0.2, -0.15) is 0 Å². The number of nitrogens with zero attached hydrogens (tertiary/aromatic N) is 1. The van der Waals surface area contributed by atoms with Crippen LogP contribution in [0, 0.1) is 13.8 Å². The number of rotatable bonds is 14. The Labute approximate surface area is 269 Å². The third-order valence-corrected chi connectivity index (χ3v) is 6.77. The van der Waals surface area contributed by atoms with Crippen LogP contribution in [0.2, 0.25) is 0 Å². The fourth-order valence-electron chi connectivity index (χ4n) is 4.98. The molecular formula is C36H53N3O6. The number of nitrogens with one attached hydrogen (secondary N) is 2. The third-order valence-electron chi connectivity index (χ3n) is 6.77. The van der Waals surface area contributed by atoms with Gasteiger partial charge in [0.15, 0.2) is 0 Å². The molecule has 9 nitrogen and oxygen atoms in total. The van der Waals surface area contributed by atoms with Crippen LogP contribution in [0.4, 0.5) is 4.79 Å². The van der Waals surface area contributed by atoms with E-state index in [1.165, 1.54) is 4.90 Å². The highest BCUT2D eigenvalue weighted by Crippen LogP contribution is 2.26. The summed E-state index contributed by atoms with van der Waals surface area (Å²) in [6.07, 6.45) is 3.02. The average molecular weight is 624 g/mol. The number of carbonyl (C=O) groups is 4. The van der Waals surface area contributed by atoms with Crippen LogP contribution in [0.1, 0.15) is 102 Å². The number of unbranched alkanes of at least 4 members (excludes halogenated alkanes) is 3. The molecule has 0 aliphatic carbocycles. The lowest BCUT2D eigenvalue weighted by Gasteiger charge is -2.33. The molecule has 0 aliphatic rings. The van der Waals surface area contributed by atoms with Crippen molar-refractivity contribution in [3.8, 4) is 0 Å². The summed E-state index contributed by atoms with van der Waals surface area (Å²) in [7, 11) is 0. The molecule has 0 bridgehead atoms. The van der Waals surface area contributed by atoms with E-state index in [-0.39, 0.29) is 19.5 Å². The third kappa shape index (κ3) is 13.7. The Balaban J connectivity index is 2.52. The normalized spacial score (nSPS) is 12.9. The minimum Gasteiger partial charge on any atom is -0.458 e. The maximum absolute atomic E-state index is 14.4. The van der Waals surface area contributed by atoms with Crippen LogP contribution in [0.15, 0.2) is 48.5 Å². The number of hydrogen-bond donors (Lipinski definition) is 2. The molecule has 2 N–H and O–H groups in total. The highest BCUT2D eigenvalue weighted by Gasteiger charge is 2.35. The van der Waals surface area contributed by atoms with E-state index in [2.05, 4.69) is 17.6 Å². The van der Waals surface area contributed by atoms with E-state index in [9.17, 15) is 19.2 Å². The first kappa shape index (κ1) is 37.3. The van der Waals surface area contributed by atoms with Gasteiger partial charge in [-0.05, 0) is 72.9 Å². The minimum absolute atomic E-state index is 0.214. The molecular weight excluding hydrogens is 570 g/mol. The maximum atomic E-state index is 14.4. The second-order valence-electron chi connectivity index (χ2n) is 13.6. The Kier molecular flexibility index (Phi) is 14.1. The lowest BCUT2D eigenvalue weighted by Crippen LogP contribution is -2.52. The summed E-state index contributed by atoms with van der Waals surface area (Å²) in [5, 5.41) is 5.49. The molecule has 2 rings (SSSR count). The fraction of sp³-hybridized carbons (Fsp3) is 0.556. The van der Waals surface area contributed by atoms with E-state index in [1.807, 2.05) is 62.4 Å². The Hall–Kier alpha value is -3.88. The molecule has 45 heavy (non-hydrogen) atoms. The van der Waals surface area contributed by atoms with Gasteiger partial charge in [0.1, 0.15) is 29.8 Å². The van der Waals surface area contributed by atoms with Gasteiger partial charge in [-0.1, -0.05) is 85.8 Å². The van der Waals surface area contributed by atoms with Gasteiger partial charge in [0.2, 0.25) is 11.8 Å². The van der Waals surface area contributed by atoms with Crippen molar-refractivity contribution in [1.29, 1.82) is 0 Å². The molecule has 2 atom stereocenters. The Morgan fingerprint density at radius 1 is 0.822 bits per heavy atom. The minimum atomic E-state index is -1.06. The maximum Gasteiger partial charge on any atom is 0.408 e. The summed E-state index contributed by atoms with van der Waals surface area (Å²) >= 11 is 0. The van der Waals surface area contributed by atoms with Crippen LogP contribution < -0.4 is 10.6 Å². The van der Waals surface area contributed by atoms with Crippen LogP contribution in [-0.2, 0) is 30.3 Å². The first-order valence-electron chi connectivity index (χ1n) is 15.9. The van der Waals surface area contributed by atoms with E-state index in [1.54, 1.807) is 41.5 Å². The quantitative estimate of drug-likeness (QED) is 0.187. The second kappa shape index (κ2) is 17.0. The highest BCUT2D eigenvalue weighted by atomic mass is 16.6. The summed E-state index contributed by atoms with van der Waals surface area (Å²) in [5.74, 6) is -1.51. The molecule has 0 saturated heterocycles. The van der Waals surface area contributed by atoms with Crippen molar-refractivity contribution >= 4 is 23.9 Å². The topological polar surface area (TPSA) is 114 Å². The molecule has 3 amide bonds. The molecule has 0 radical (unpaired) electrons. The number of carbonyl (C=O) groups excluding carboxylic acids is 4. The van der Waals surface area contributed by atoms with Gasteiger partial charge in [0.25, 0.3) is 0 Å². The molecule has 0 saturated carbocycles. The number of alkyl carbamates (subject to hydrolysis) is 1. The van der Waals surface area contributed by atoms with Crippen LogP contribution >= 0.6 is 0 Å². The molecule has 0 aromatic heterocycles. The molecule has 9 heteroatoms. The lowest BCUT2D eigenvalue weighted by molar-refractivity contribution is -0.159. The van der Waals surface area contributed by atoms with Crippen molar-refractivity contribution in [3.05, 3.63) is 70.8 Å². The molecule has 248 valence electrons. The van der Waals surface area contributed by atoms with Crippen LogP contribution in [0.5, 0.6) is 0 Å². The number of aryl methyl sites for hydroxylation is 2. The lowest BCUT2D eigenvalue weighted by atomic mass is 9.97. The first-order chi connectivity index (χ1) is 21.0. The summed E-state index contributed by atoms with van der Waals surface area (Å²) in [4.78, 5) is 55.6. The van der Waals surface area contributed by atoms with Crippen LogP contribution in [0.3, 0.4) is 0 Å². The van der Waals surface area contributed by atoms with E-state index in [4.69, 9.17) is 9.47 Å². The standard InChI is InChI=1S/C36H53N3O6/c1-10-11-12-16-19-39(30(40)24-37-34(43)45-36(7,8)9)31(28-21-25(2)20-26(3)22-28)32(41)38-29(33(42)44-35(4,5)6)23-27-17-14-13-15-18-27/h13-15,17-18,20-22,29,31H,10-12,16,19,23-24H2,1-9H3,(H,37,43)(H,38,41). The molecule has 2 unspecified atom stereocenters. The molecule has 2 aromatic rings. The summed E-state index contributed by atoms with van der Waals surface area (Å²) in [6.45, 7) is 16.5. The van der Waals surface area contributed by atoms with Gasteiger partial charge < -0.3 is 25.0 Å². The number of amides is 3. The van der Waals surface area contributed by atoms with Crippen molar-refractivity contribution in [2.45, 2.75) is 118 Å². The van der Waals surface area contributed by atoms with Gasteiger partial charge in [-0.15, -0.1) is 0 Å². The van der Waals surface area contributed by atoms with E-state index < -0.39 is 47.2 Å². The zero-order chi connectivity index (χ0) is 33.8. The van der Waals surface area contributed by atoms with Gasteiger partial charge in [-0.25, -0.2) is 9.59 Å². The van der Waals surface area contributed by atoms with Crippen molar-refractivity contribution < 1.29 is 28.7 Å². The van der Waals surface area contributed by atoms with Crippen molar-refractivity contribution in [2.75, 3.05) is 13.1 Å². The Morgan fingerprint density at radius 2 is 1.42 bits per heavy atom. The predicted molar refractivity (Wildman–Crippen MR) is 177 cm³/mol. The highest BCUT2D eigenvalue weighted by molar-refractivity contribution is 5.93. The molecule has 0 heterocycles. The van der Waals surface area contributed by atoms with E-state index >= 15 is 0 Å². The fourth-order valence-corrected chi connectivity index (χ4v) is 4.98. The van der Waals surface area contributed by atoms with Crippen LogP contribution in [0.25, 0.3) is 0 Å². The smallest absolute Gasteiger partial charge is 0.408 e. The first-order valence-corrected chi connectivity index (χ1v) is 15.9. The molecule has 0 spiro atoms. The molecule has 0 aliphatic heterocycles. The number of hydrogen-bond acceptors (Lipinski definition) is 6. The van der Waals surface area contributed by atoms with Gasteiger partial charge >= 0.3 is 12.1 Å². The summed E-state index contributed by atoms with van der Waals surface area (Å²) in [5.41, 5.74) is 1.84. The van der Waals surface area contributed by atoms with Gasteiger partial charge in [-0.3, -0.25) is 9.59 Å². The van der Waals surface area contributed by atoms with Crippen LogP contribution in [-0.4, -0.2) is 59.1 Å². The number of esters is 1. The zero-order valence-corrected chi connectivity index (χ0v) is 28.6. The number of ether oxygens (including phenoxy) is 2. The van der Waals surface area contributed by atoms with E-state index in [0.29, 0.717) is 12.0 Å². The van der Waals surface area contributed by atoms with Gasteiger partial charge in [0.05, 0.1) is 0 Å². The van der Waals surface area contributed by atoms with Gasteiger partial charge in [0, 0.05) is 13.0 Å². The van der Waals surface area contributed by atoms with Crippen molar-refractivity contribution in [2.24, 2.45) is 0 Å². The SMILES string of the molecule is CCCCCCN(C(=O)CNC(=O)OC(C)(C)C)C(C(=O)NC(Cc1ccccc1)C(=O)OC(C)(C)C)c1cc(C)cc(C)c1. The Morgan fingerprint density at radius 3 is 1.98 bits per heavy atom. The summed E-state index contributed by atoms with van der Waals surface area (Å²) in [6, 6.07) is 13.1. The number of benzene rings is 2. The van der Waals surface area contributed by atoms with Crippen molar-refractivity contribution in [3.63, 3.8) is 0 Å². The zero-order valence-electron chi connectivity index (χ0n) is 28.6. The predicted octanol–water partition coefficient (Wildman–Crippen LogP) is 6.35. The summed E-state index contributed by atoms with van der Waals surface area (Å²) < 4.78 is 11.0. The largest absolute Gasteiger partial charge is 0.458 e. The monoisotopic (exact) mass is 623 g/mol. The van der Waals surface area contributed by atoms with Crippen molar-refractivity contribution in [1.82, 2.24) is 15.5 Å². The molecule has 2 aromatic carbocycles. The second-order valence-corrected chi connectivity index (χ2v) is 13.6. The molecule has 0 fully saturated rings. The van der Waals surface area contributed by atoms with E-state index in [0.717, 1.165) is 36.0 Å².